The lowest BCUT2D eigenvalue weighted by molar-refractivity contribution is -0.104. The van der Waals surface area contributed by atoms with Gasteiger partial charge in [-0.25, -0.2) is 0 Å². The van der Waals surface area contributed by atoms with Crippen molar-refractivity contribution in [3.63, 3.8) is 0 Å². The molecule has 112 valence electrons. The van der Waals surface area contributed by atoms with E-state index in [9.17, 15) is 0 Å². The first-order valence-corrected chi connectivity index (χ1v) is 8.51. The summed E-state index contributed by atoms with van der Waals surface area (Å²) in [6, 6.07) is 0. The molecule has 2 aliphatic rings. The van der Waals surface area contributed by atoms with Gasteiger partial charge in [-0.05, 0) is 62.9 Å². The van der Waals surface area contributed by atoms with Crippen molar-refractivity contribution in [1.82, 2.24) is 5.32 Å². The minimum atomic E-state index is 0.285. The van der Waals surface area contributed by atoms with E-state index in [2.05, 4.69) is 26.1 Å². The first-order chi connectivity index (χ1) is 9.17. The van der Waals surface area contributed by atoms with Gasteiger partial charge in [0.25, 0.3) is 0 Å². The monoisotopic (exact) mass is 267 g/mol. The first-order valence-electron chi connectivity index (χ1n) is 8.51. The molecule has 0 bridgehead atoms. The molecule has 1 spiro atoms. The molecule has 2 nitrogen and oxygen atoms in total. The SMILES string of the molecule is CCCNCC(C)C(C)C1CCOC2(CCCC2)C1. The molecular formula is C17H33NO. The molecule has 1 N–H and O–H groups in total. The molecule has 1 saturated heterocycles. The third kappa shape index (κ3) is 3.95. The van der Waals surface area contributed by atoms with Gasteiger partial charge in [-0.15, -0.1) is 0 Å². The number of nitrogens with one attached hydrogen (secondary N) is 1. The molecule has 3 unspecified atom stereocenters. The van der Waals surface area contributed by atoms with E-state index < -0.39 is 0 Å². The van der Waals surface area contributed by atoms with Crippen LogP contribution in [0.15, 0.2) is 0 Å². The minimum absolute atomic E-state index is 0.285. The summed E-state index contributed by atoms with van der Waals surface area (Å²) in [6.45, 7) is 10.5. The van der Waals surface area contributed by atoms with E-state index in [1.165, 1.54) is 51.5 Å². The van der Waals surface area contributed by atoms with Crippen LogP contribution in [0.4, 0.5) is 0 Å². The highest BCUT2D eigenvalue weighted by atomic mass is 16.5. The Bertz CT molecular complexity index is 260. The summed E-state index contributed by atoms with van der Waals surface area (Å²) in [7, 11) is 0. The molecule has 3 atom stereocenters. The average Bonchev–Trinajstić information content (AvgIpc) is 2.86. The van der Waals surface area contributed by atoms with E-state index in [-0.39, 0.29) is 5.60 Å². The van der Waals surface area contributed by atoms with E-state index >= 15 is 0 Å². The maximum atomic E-state index is 6.17. The summed E-state index contributed by atoms with van der Waals surface area (Å²) in [5, 5.41) is 3.58. The minimum Gasteiger partial charge on any atom is -0.375 e. The van der Waals surface area contributed by atoms with Crippen LogP contribution in [0.5, 0.6) is 0 Å². The van der Waals surface area contributed by atoms with Gasteiger partial charge in [0.05, 0.1) is 5.60 Å². The van der Waals surface area contributed by atoms with Crippen LogP contribution >= 0.6 is 0 Å². The third-order valence-corrected chi connectivity index (χ3v) is 5.58. The van der Waals surface area contributed by atoms with Crippen LogP contribution in [-0.4, -0.2) is 25.3 Å². The van der Waals surface area contributed by atoms with Crippen LogP contribution < -0.4 is 5.32 Å². The molecule has 1 heterocycles. The van der Waals surface area contributed by atoms with Crippen molar-refractivity contribution in [2.45, 2.75) is 71.3 Å². The normalized spacial score (nSPS) is 29.5. The van der Waals surface area contributed by atoms with Crippen molar-refractivity contribution in [3.8, 4) is 0 Å². The van der Waals surface area contributed by atoms with E-state index in [4.69, 9.17) is 4.74 Å². The molecule has 0 aromatic heterocycles. The lowest BCUT2D eigenvalue weighted by Gasteiger charge is -2.42. The van der Waals surface area contributed by atoms with E-state index in [0.29, 0.717) is 0 Å². The molecule has 1 aliphatic heterocycles. The molecule has 19 heavy (non-hydrogen) atoms. The quantitative estimate of drug-likeness (QED) is 0.735. The smallest absolute Gasteiger partial charge is 0.0685 e. The summed E-state index contributed by atoms with van der Waals surface area (Å²) in [5.74, 6) is 2.49. The highest BCUT2D eigenvalue weighted by Crippen LogP contribution is 2.44. The Kier molecular flexibility index (Phi) is 5.70. The zero-order valence-electron chi connectivity index (χ0n) is 13.2. The number of rotatable bonds is 6. The molecule has 0 aromatic rings. The zero-order chi connectivity index (χ0) is 13.7. The molecule has 0 amide bonds. The van der Waals surface area contributed by atoms with Crippen LogP contribution in [-0.2, 0) is 4.74 Å². The lowest BCUT2D eigenvalue weighted by Crippen LogP contribution is -2.41. The number of hydrogen-bond acceptors (Lipinski definition) is 2. The second kappa shape index (κ2) is 7.08. The van der Waals surface area contributed by atoms with E-state index in [0.717, 1.165) is 30.9 Å². The van der Waals surface area contributed by atoms with Gasteiger partial charge in [-0.1, -0.05) is 33.6 Å². The van der Waals surface area contributed by atoms with Crippen LogP contribution in [0.1, 0.15) is 65.7 Å². The van der Waals surface area contributed by atoms with Gasteiger partial charge in [0.1, 0.15) is 0 Å². The molecule has 1 saturated carbocycles. The molecule has 0 radical (unpaired) electrons. The topological polar surface area (TPSA) is 21.3 Å². The summed E-state index contributed by atoms with van der Waals surface area (Å²) >= 11 is 0. The molecule has 2 rings (SSSR count). The van der Waals surface area contributed by atoms with E-state index in [1.807, 2.05) is 0 Å². The van der Waals surface area contributed by atoms with Crippen LogP contribution in [0.2, 0.25) is 0 Å². The first kappa shape index (κ1) is 15.3. The number of ether oxygens (including phenoxy) is 1. The van der Waals surface area contributed by atoms with Crippen molar-refractivity contribution in [1.29, 1.82) is 0 Å². The zero-order valence-corrected chi connectivity index (χ0v) is 13.2. The van der Waals surface area contributed by atoms with Gasteiger partial charge in [-0.2, -0.15) is 0 Å². The van der Waals surface area contributed by atoms with Crippen LogP contribution in [0.25, 0.3) is 0 Å². The molecule has 1 aliphatic carbocycles. The summed E-state index contributed by atoms with van der Waals surface area (Å²) in [5.41, 5.74) is 0.285. The van der Waals surface area contributed by atoms with Crippen molar-refractivity contribution in [3.05, 3.63) is 0 Å². The standard InChI is InChI=1S/C17H33NO/c1-4-10-18-13-14(2)15(3)16-7-11-19-17(12-16)8-5-6-9-17/h14-16,18H,4-13H2,1-3H3. The largest absolute Gasteiger partial charge is 0.375 e. The van der Waals surface area contributed by atoms with Gasteiger partial charge in [0.15, 0.2) is 0 Å². The maximum absolute atomic E-state index is 6.17. The van der Waals surface area contributed by atoms with Crippen molar-refractivity contribution < 1.29 is 4.74 Å². The summed E-state index contributed by atoms with van der Waals surface area (Å²) < 4.78 is 6.17. The van der Waals surface area contributed by atoms with Gasteiger partial charge in [-0.3, -0.25) is 0 Å². The van der Waals surface area contributed by atoms with E-state index in [1.54, 1.807) is 0 Å². The van der Waals surface area contributed by atoms with Crippen LogP contribution in [0, 0.1) is 17.8 Å². The van der Waals surface area contributed by atoms with Crippen LogP contribution in [0.3, 0.4) is 0 Å². The highest BCUT2D eigenvalue weighted by Gasteiger charge is 2.41. The fraction of sp³-hybridized carbons (Fsp3) is 1.00. The predicted octanol–water partition coefficient (Wildman–Crippen LogP) is 4.00. The Morgan fingerprint density at radius 2 is 2.00 bits per heavy atom. The predicted molar refractivity (Wildman–Crippen MR) is 81.4 cm³/mol. The molecular weight excluding hydrogens is 234 g/mol. The lowest BCUT2D eigenvalue weighted by atomic mass is 9.74. The van der Waals surface area contributed by atoms with Crippen molar-refractivity contribution >= 4 is 0 Å². The summed E-state index contributed by atoms with van der Waals surface area (Å²) in [6.07, 6.45) is 9.25. The highest BCUT2D eigenvalue weighted by molar-refractivity contribution is 4.92. The third-order valence-electron chi connectivity index (χ3n) is 5.58. The van der Waals surface area contributed by atoms with Crippen molar-refractivity contribution in [2.24, 2.45) is 17.8 Å². The van der Waals surface area contributed by atoms with Gasteiger partial charge in [0, 0.05) is 6.61 Å². The second-order valence-electron chi connectivity index (χ2n) is 7.03. The number of hydrogen-bond donors (Lipinski definition) is 1. The van der Waals surface area contributed by atoms with Gasteiger partial charge >= 0.3 is 0 Å². The fourth-order valence-corrected chi connectivity index (χ4v) is 4.04. The maximum Gasteiger partial charge on any atom is 0.0685 e. The average molecular weight is 267 g/mol. The molecule has 2 heteroatoms. The molecule has 2 fully saturated rings. The Balaban J connectivity index is 1.82. The fourth-order valence-electron chi connectivity index (χ4n) is 4.04. The van der Waals surface area contributed by atoms with Crippen molar-refractivity contribution in [2.75, 3.05) is 19.7 Å². The Labute approximate surface area is 119 Å². The Morgan fingerprint density at radius 1 is 1.26 bits per heavy atom. The Morgan fingerprint density at radius 3 is 2.68 bits per heavy atom. The molecule has 0 aromatic carbocycles. The van der Waals surface area contributed by atoms with Gasteiger partial charge in [0.2, 0.25) is 0 Å². The second-order valence-corrected chi connectivity index (χ2v) is 7.03. The Hall–Kier alpha value is -0.0800. The summed E-state index contributed by atoms with van der Waals surface area (Å²) in [4.78, 5) is 0. The van der Waals surface area contributed by atoms with Gasteiger partial charge < -0.3 is 10.1 Å².